The number of hydrogen-bond acceptors (Lipinski definition) is 2. The van der Waals surface area contributed by atoms with Crippen molar-refractivity contribution in [2.75, 3.05) is 13.6 Å². The Morgan fingerprint density at radius 3 is 2.13 bits per heavy atom. The lowest BCUT2D eigenvalue weighted by atomic mass is 9.88. The average molecular weight is 525 g/mol. The van der Waals surface area contributed by atoms with E-state index in [2.05, 4.69) is 44.9 Å². The Balaban J connectivity index is 0.00000320. The lowest BCUT2D eigenvalue weighted by molar-refractivity contribution is 0.0668. The Morgan fingerprint density at radius 2 is 1.60 bits per heavy atom. The number of halogens is 3. The Labute approximate surface area is 192 Å². The van der Waals surface area contributed by atoms with Gasteiger partial charge in [-0.3, -0.25) is 9.56 Å². The SMILES string of the molecule is CN=C(NCCC(c1ccccc1)c1ccccc1)NCc1nccn1C(F)F.I. The third-order valence-corrected chi connectivity index (χ3v) is 4.73. The van der Waals surface area contributed by atoms with E-state index in [0.29, 0.717) is 12.5 Å². The molecule has 0 unspecified atom stereocenters. The monoisotopic (exact) mass is 525 g/mol. The fraction of sp³-hybridized carbons (Fsp3) is 0.273. The minimum absolute atomic E-state index is 0. The predicted molar refractivity (Wildman–Crippen MR) is 126 cm³/mol. The molecule has 5 nitrogen and oxygen atoms in total. The first-order valence-corrected chi connectivity index (χ1v) is 9.53. The molecule has 30 heavy (non-hydrogen) atoms. The van der Waals surface area contributed by atoms with Gasteiger partial charge < -0.3 is 10.6 Å². The van der Waals surface area contributed by atoms with E-state index < -0.39 is 6.55 Å². The van der Waals surface area contributed by atoms with Crippen LogP contribution >= 0.6 is 24.0 Å². The van der Waals surface area contributed by atoms with Gasteiger partial charge in [0.05, 0.1) is 6.54 Å². The first-order chi connectivity index (χ1) is 14.2. The lowest BCUT2D eigenvalue weighted by Crippen LogP contribution is -2.38. The van der Waals surface area contributed by atoms with Gasteiger partial charge in [0, 0.05) is 31.9 Å². The number of nitrogens with one attached hydrogen (secondary N) is 2. The summed E-state index contributed by atoms with van der Waals surface area (Å²) in [4.78, 5) is 8.14. The van der Waals surface area contributed by atoms with Crippen LogP contribution in [0.3, 0.4) is 0 Å². The second-order valence-electron chi connectivity index (χ2n) is 6.54. The summed E-state index contributed by atoms with van der Waals surface area (Å²) in [5, 5.41) is 6.31. The van der Waals surface area contributed by atoms with Gasteiger partial charge in [-0.2, -0.15) is 8.78 Å². The molecule has 2 aromatic carbocycles. The highest BCUT2D eigenvalue weighted by Crippen LogP contribution is 2.27. The number of alkyl halides is 2. The number of aromatic nitrogens is 2. The van der Waals surface area contributed by atoms with Crippen molar-refractivity contribution < 1.29 is 8.78 Å². The highest BCUT2D eigenvalue weighted by atomic mass is 127. The van der Waals surface area contributed by atoms with Gasteiger partial charge >= 0.3 is 6.55 Å². The van der Waals surface area contributed by atoms with Gasteiger partial charge in [-0.1, -0.05) is 60.7 Å². The molecule has 0 saturated heterocycles. The molecule has 0 bridgehead atoms. The highest BCUT2D eigenvalue weighted by molar-refractivity contribution is 14.0. The van der Waals surface area contributed by atoms with Crippen molar-refractivity contribution in [2.24, 2.45) is 4.99 Å². The Kier molecular flexibility index (Phi) is 9.72. The molecule has 0 fully saturated rings. The van der Waals surface area contributed by atoms with E-state index in [1.807, 2.05) is 36.4 Å². The molecule has 0 spiro atoms. The molecular weight excluding hydrogens is 499 g/mol. The molecule has 0 radical (unpaired) electrons. The third-order valence-electron chi connectivity index (χ3n) is 4.73. The first kappa shape index (κ1) is 23.8. The predicted octanol–water partition coefficient (Wildman–Crippen LogP) is 4.78. The second-order valence-corrected chi connectivity index (χ2v) is 6.54. The van der Waals surface area contributed by atoms with Crippen LogP contribution in [-0.2, 0) is 6.54 Å². The molecule has 0 aliphatic heterocycles. The number of aliphatic imine (C=N–C) groups is 1. The fourth-order valence-corrected chi connectivity index (χ4v) is 3.27. The van der Waals surface area contributed by atoms with Gasteiger partial charge in [0.15, 0.2) is 5.96 Å². The van der Waals surface area contributed by atoms with Crippen LogP contribution < -0.4 is 10.6 Å². The summed E-state index contributed by atoms with van der Waals surface area (Å²) in [5.41, 5.74) is 2.50. The van der Waals surface area contributed by atoms with Crippen molar-refractivity contribution in [3.8, 4) is 0 Å². The standard InChI is InChI=1S/C22H25F2N5.HI/c1-25-22(28-16-20-26-14-15-29(20)21(23)24)27-13-12-19(17-8-4-2-5-9-17)18-10-6-3-7-11-18;/h2-11,14-15,19,21H,12-13,16H2,1H3,(H2,25,27,28);1H. The number of nitrogens with zero attached hydrogens (tertiary/aromatic N) is 3. The van der Waals surface area contributed by atoms with E-state index >= 15 is 0 Å². The van der Waals surface area contributed by atoms with Crippen molar-refractivity contribution in [1.29, 1.82) is 0 Å². The Bertz CT molecular complexity index is 861. The van der Waals surface area contributed by atoms with Crippen molar-refractivity contribution in [2.45, 2.75) is 25.4 Å². The van der Waals surface area contributed by atoms with Crippen molar-refractivity contribution in [1.82, 2.24) is 20.2 Å². The third kappa shape index (κ3) is 6.51. The normalized spacial score (nSPS) is 11.4. The Hall–Kier alpha value is -2.49. The summed E-state index contributed by atoms with van der Waals surface area (Å²) >= 11 is 0. The Morgan fingerprint density at radius 1 is 1.00 bits per heavy atom. The molecule has 0 atom stereocenters. The van der Waals surface area contributed by atoms with E-state index in [4.69, 9.17) is 0 Å². The van der Waals surface area contributed by atoms with Crippen LogP contribution in [0.1, 0.15) is 35.8 Å². The maximum Gasteiger partial charge on any atom is 0.319 e. The van der Waals surface area contributed by atoms with Crippen molar-refractivity contribution >= 4 is 29.9 Å². The summed E-state index contributed by atoms with van der Waals surface area (Å²) in [7, 11) is 1.65. The summed E-state index contributed by atoms with van der Waals surface area (Å²) in [6, 6.07) is 20.7. The molecule has 3 aromatic rings. The van der Waals surface area contributed by atoms with Gasteiger partial charge in [-0.05, 0) is 17.5 Å². The van der Waals surface area contributed by atoms with Gasteiger partial charge in [0.25, 0.3) is 0 Å². The van der Waals surface area contributed by atoms with Crippen LogP contribution in [-0.4, -0.2) is 29.1 Å². The quantitative estimate of drug-likeness (QED) is 0.253. The zero-order valence-corrected chi connectivity index (χ0v) is 19.0. The molecule has 1 heterocycles. The van der Waals surface area contributed by atoms with E-state index in [1.54, 1.807) is 7.05 Å². The van der Waals surface area contributed by atoms with Crippen molar-refractivity contribution in [3.63, 3.8) is 0 Å². The van der Waals surface area contributed by atoms with Gasteiger partial charge in [-0.25, -0.2) is 4.98 Å². The smallest absolute Gasteiger partial charge is 0.319 e. The summed E-state index contributed by atoms with van der Waals surface area (Å²) in [6.07, 6.45) is 3.49. The van der Waals surface area contributed by atoms with E-state index in [0.717, 1.165) is 11.0 Å². The zero-order valence-electron chi connectivity index (χ0n) is 16.7. The maximum atomic E-state index is 12.9. The van der Waals surface area contributed by atoms with Gasteiger partial charge in [-0.15, -0.1) is 24.0 Å². The molecule has 0 aliphatic rings. The number of rotatable bonds is 8. The molecule has 160 valence electrons. The minimum Gasteiger partial charge on any atom is -0.356 e. The van der Waals surface area contributed by atoms with E-state index in [9.17, 15) is 8.78 Å². The second kappa shape index (κ2) is 12.3. The molecule has 3 rings (SSSR count). The van der Waals surface area contributed by atoms with Gasteiger partial charge in [0.1, 0.15) is 5.82 Å². The minimum atomic E-state index is -2.61. The average Bonchev–Trinajstić information content (AvgIpc) is 3.23. The summed E-state index contributed by atoms with van der Waals surface area (Å²) < 4.78 is 26.7. The van der Waals surface area contributed by atoms with Crippen LogP contribution in [0.4, 0.5) is 8.78 Å². The van der Waals surface area contributed by atoms with Crippen LogP contribution in [0.5, 0.6) is 0 Å². The van der Waals surface area contributed by atoms with Crippen LogP contribution in [0.15, 0.2) is 78.0 Å². The largest absolute Gasteiger partial charge is 0.356 e. The van der Waals surface area contributed by atoms with Crippen LogP contribution in [0.25, 0.3) is 0 Å². The lowest BCUT2D eigenvalue weighted by Gasteiger charge is -2.19. The molecule has 0 saturated carbocycles. The van der Waals surface area contributed by atoms with Crippen LogP contribution in [0, 0.1) is 0 Å². The molecule has 1 aromatic heterocycles. The van der Waals surface area contributed by atoms with E-state index in [-0.39, 0.29) is 42.3 Å². The molecule has 2 N–H and O–H groups in total. The van der Waals surface area contributed by atoms with Crippen molar-refractivity contribution in [3.05, 3.63) is 90.0 Å². The summed E-state index contributed by atoms with van der Waals surface area (Å²) in [6.45, 7) is -1.77. The van der Waals surface area contributed by atoms with Crippen LogP contribution in [0.2, 0.25) is 0 Å². The number of benzene rings is 2. The zero-order chi connectivity index (χ0) is 20.5. The summed E-state index contributed by atoms with van der Waals surface area (Å²) in [5.74, 6) is 1.06. The highest BCUT2D eigenvalue weighted by Gasteiger charge is 2.14. The van der Waals surface area contributed by atoms with Gasteiger partial charge in [0.2, 0.25) is 0 Å². The number of guanidine groups is 1. The molecule has 8 heteroatoms. The molecule has 0 amide bonds. The van der Waals surface area contributed by atoms with E-state index in [1.165, 1.54) is 23.5 Å². The topological polar surface area (TPSA) is 54.2 Å². The number of hydrogen-bond donors (Lipinski definition) is 2. The molecular formula is C22H26F2IN5. The fourth-order valence-electron chi connectivity index (χ4n) is 3.27. The maximum absolute atomic E-state index is 12.9. The first-order valence-electron chi connectivity index (χ1n) is 9.53. The number of imidazole rings is 1. The molecule has 0 aliphatic carbocycles.